The van der Waals surface area contributed by atoms with Gasteiger partial charge in [-0.2, -0.15) is 0 Å². The fourth-order valence-corrected chi connectivity index (χ4v) is 3.20. The van der Waals surface area contributed by atoms with E-state index in [0.29, 0.717) is 12.2 Å². The highest BCUT2D eigenvalue weighted by molar-refractivity contribution is 5.93. The number of rotatable bonds is 5. The first kappa shape index (κ1) is 17.4. The van der Waals surface area contributed by atoms with Gasteiger partial charge in [0.2, 0.25) is 5.91 Å². The smallest absolute Gasteiger partial charge is 0.238 e. The van der Waals surface area contributed by atoms with Crippen LogP contribution in [0.25, 0.3) is 0 Å². The van der Waals surface area contributed by atoms with E-state index < -0.39 is 0 Å². The maximum absolute atomic E-state index is 13.9. The fraction of sp³-hybridized carbons (Fsp3) is 0.350. The van der Waals surface area contributed by atoms with Crippen molar-refractivity contribution < 1.29 is 9.18 Å². The monoisotopic (exact) mass is 341 g/mol. The Morgan fingerprint density at radius 2 is 1.72 bits per heavy atom. The number of para-hydroxylation sites is 2. The van der Waals surface area contributed by atoms with Crippen LogP contribution in [0, 0.1) is 5.82 Å². The van der Waals surface area contributed by atoms with Crippen molar-refractivity contribution in [3.63, 3.8) is 0 Å². The predicted molar refractivity (Wildman–Crippen MR) is 99.5 cm³/mol. The molecule has 1 saturated heterocycles. The summed E-state index contributed by atoms with van der Waals surface area (Å²) in [5, 5.41) is 3.01. The predicted octanol–water partition coefficient (Wildman–Crippen LogP) is 3.15. The van der Waals surface area contributed by atoms with Crippen molar-refractivity contribution in [2.75, 3.05) is 42.9 Å². The highest BCUT2D eigenvalue weighted by atomic mass is 19.1. The number of carbonyl (C=O) groups excluding carboxylic acids is 1. The van der Waals surface area contributed by atoms with E-state index in [4.69, 9.17) is 0 Å². The van der Waals surface area contributed by atoms with Crippen LogP contribution in [-0.4, -0.2) is 43.5 Å². The van der Waals surface area contributed by atoms with Gasteiger partial charge in [0.1, 0.15) is 5.82 Å². The Hall–Kier alpha value is -2.40. The summed E-state index contributed by atoms with van der Waals surface area (Å²) in [7, 11) is 0. The average Bonchev–Trinajstić information content (AvgIpc) is 2.63. The Bertz CT molecular complexity index is 726. The van der Waals surface area contributed by atoms with Gasteiger partial charge in [-0.05, 0) is 30.2 Å². The number of amides is 1. The van der Waals surface area contributed by atoms with E-state index in [2.05, 4.69) is 17.1 Å². The van der Waals surface area contributed by atoms with Gasteiger partial charge in [0.15, 0.2) is 0 Å². The second-order valence-corrected chi connectivity index (χ2v) is 6.27. The molecule has 5 heteroatoms. The maximum atomic E-state index is 13.9. The van der Waals surface area contributed by atoms with Crippen LogP contribution < -0.4 is 10.2 Å². The molecule has 1 N–H and O–H groups in total. The fourth-order valence-electron chi connectivity index (χ4n) is 3.20. The Labute approximate surface area is 148 Å². The SMILES string of the molecule is CCc1ccccc1NC(=O)CN1CCN(c2ccccc2F)CC1. The number of aryl methyl sites for hydroxylation is 1. The highest BCUT2D eigenvalue weighted by Crippen LogP contribution is 2.20. The summed E-state index contributed by atoms with van der Waals surface area (Å²) in [5.74, 6) is -0.190. The van der Waals surface area contributed by atoms with Crippen molar-refractivity contribution in [3.8, 4) is 0 Å². The molecule has 0 atom stereocenters. The van der Waals surface area contributed by atoms with Crippen LogP contribution in [0.4, 0.5) is 15.8 Å². The van der Waals surface area contributed by atoms with Crippen LogP contribution >= 0.6 is 0 Å². The van der Waals surface area contributed by atoms with E-state index in [-0.39, 0.29) is 11.7 Å². The van der Waals surface area contributed by atoms with Crippen molar-refractivity contribution in [3.05, 3.63) is 59.9 Å². The highest BCUT2D eigenvalue weighted by Gasteiger charge is 2.21. The van der Waals surface area contributed by atoms with E-state index in [1.807, 2.05) is 35.2 Å². The number of piperazine rings is 1. The first-order chi connectivity index (χ1) is 12.2. The maximum Gasteiger partial charge on any atom is 0.238 e. The number of hydrogen-bond acceptors (Lipinski definition) is 3. The number of anilines is 2. The summed E-state index contributed by atoms with van der Waals surface area (Å²) in [5.41, 5.74) is 2.67. The molecular formula is C20H24FN3O. The van der Waals surface area contributed by atoms with Crippen LogP contribution in [0.3, 0.4) is 0 Å². The normalized spacial score (nSPS) is 15.2. The van der Waals surface area contributed by atoms with Crippen molar-refractivity contribution in [1.29, 1.82) is 0 Å². The van der Waals surface area contributed by atoms with E-state index in [1.165, 1.54) is 6.07 Å². The summed E-state index contributed by atoms with van der Waals surface area (Å²) in [6, 6.07) is 14.7. The van der Waals surface area contributed by atoms with Gasteiger partial charge in [-0.1, -0.05) is 37.3 Å². The molecule has 25 heavy (non-hydrogen) atoms. The lowest BCUT2D eigenvalue weighted by Gasteiger charge is -2.35. The van der Waals surface area contributed by atoms with Gasteiger partial charge in [0.25, 0.3) is 0 Å². The molecular weight excluding hydrogens is 317 g/mol. The summed E-state index contributed by atoms with van der Waals surface area (Å²) >= 11 is 0. The first-order valence-corrected chi connectivity index (χ1v) is 8.77. The van der Waals surface area contributed by atoms with Crippen LogP contribution in [-0.2, 0) is 11.2 Å². The molecule has 0 aromatic heterocycles. The van der Waals surface area contributed by atoms with Crippen molar-refractivity contribution in [2.24, 2.45) is 0 Å². The van der Waals surface area contributed by atoms with Gasteiger partial charge < -0.3 is 10.2 Å². The van der Waals surface area contributed by atoms with Gasteiger partial charge in [-0.3, -0.25) is 9.69 Å². The van der Waals surface area contributed by atoms with Crippen molar-refractivity contribution >= 4 is 17.3 Å². The van der Waals surface area contributed by atoms with Gasteiger partial charge in [-0.25, -0.2) is 4.39 Å². The summed E-state index contributed by atoms with van der Waals surface area (Å²) < 4.78 is 13.9. The zero-order valence-electron chi connectivity index (χ0n) is 14.5. The molecule has 0 unspecified atom stereocenters. The van der Waals surface area contributed by atoms with E-state index in [0.717, 1.165) is 43.9 Å². The lowest BCUT2D eigenvalue weighted by Crippen LogP contribution is -2.48. The number of hydrogen-bond donors (Lipinski definition) is 1. The number of carbonyl (C=O) groups is 1. The Kier molecular flexibility index (Phi) is 5.66. The number of benzene rings is 2. The molecule has 1 aliphatic rings. The second kappa shape index (κ2) is 8.12. The van der Waals surface area contributed by atoms with Crippen LogP contribution in [0.15, 0.2) is 48.5 Å². The Morgan fingerprint density at radius 3 is 2.44 bits per heavy atom. The van der Waals surface area contributed by atoms with Crippen LogP contribution in [0.5, 0.6) is 0 Å². The van der Waals surface area contributed by atoms with Gasteiger partial charge >= 0.3 is 0 Å². The van der Waals surface area contributed by atoms with E-state index in [9.17, 15) is 9.18 Å². The third-order valence-electron chi connectivity index (χ3n) is 4.60. The largest absolute Gasteiger partial charge is 0.367 e. The topological polar surface area (TPSA) is 35.6 Å². The lowest BCUT2D eigenvalue weighted by atomic mass is 10.1. The van der Waals surface area contributed by atoms with Crippen LogP contribution in [0.2, 0.25) is 0 Å². The van der Waals surface area contributed by atoms with Gasteiger partial charge in [0, 0.05) is 31.9 Å². The standard InChI is InChI=1S/C20H24FN3O/c1-2-16-7-3-5-9-18(16)22-20(25)15-23-11-13-24(14-12-23)19-10-6-4-8-17(19)21/h3-10H,2,11-15H2,1H3,(H,22,25). The van der Waals surface area contributed by atoms with Gasteiger partial charge in [-0.15, -0.1) is 0 Å². The lowest BCUT2D eigenvalue weighted by molar-refractivity contribution is -0.117. The zero-order valence-corrected chi connectivity index (χ0v) is 14.5. The molecule has 0 saturated carbocycles. The number of halogens is 1. The third kappa shape index (κ3) is 4.37. The number of nitrogens with one attached hydrogen (secondary N) is 1. The molecule has 2 aromatic carbocycles. The average molecular weight is 341 g/mol. The third-order valence-corrected chi connectivity index (χ3v) is 4.60. The quantitative estimate of drug-likeness (QED) is 0.907. The molecule has 0 bridgehead atoms. The van der Waals surface area contributed by atoms with E-state index >= 15 is 0 Å². The molecule has 0 radical (unpaired) electrons. The molecule has 3 rings (SSSR count). The van der Waals surface area contributed by atoms with Crippen molar-refractivity contribution in [2.45, 2.75) is 13.3 Å². The van der Waals surface area contributed by atoms with E-state index in [1.54, 1.807) is 12.1 Å². The van der Waals surface area contributed by atoms with Crippen molar-refractivity contribution in [1.82, 2.24) is 4.90 Å². The minimum Gasteiger partial charge on any atom is -0.367 e. The first-order valence-electron chi connectivity index (χ1n) is 8.77. The molecule has 1 heterocycles. The van der Waals surface area contributed by atoms with Gasteiger partial charge in [0.05, 0.1) is 12.2 Å². The summed E-state index contributed by atoms with van der Waals surface area (Å²) in [4.78, 5) is 16.5. The summed E-state index contributed by atoms with van der Waals surface area (Å²) in [6.07, 6.45) is 0.887. The summed E-state index contributed by atoms with van der Waals surface area (Å²) in [6.45, 7) is 5.38. The van der Waals surface area contributed by atoms with Crippen LogP contribution in [0.1, 0.15) is 12.5 Å². The second-order valence-electron chi connectivity index (χ2n) is 6.27. The molecule has 1 aliphatic heterocycles. The molecule has 1 amide bonds. The Balaban J connectivity index is 1.52. The minimum atomic E-state index is -0.190. The molecule has 132 valence electrons. The molecule has 0 aliphatic carbocycles. The Morgan fingerprint density at radius 1 is 1.04 bits per heavy atom. The minimum absolute atomic E-state index is 0.000224. The zero-order chi connectivity index (χ0) is 17.6. The molecule has 1 fully saturated rings. The molecule has 2 aromatic rings. The number of nitrogens with zero attached hydrogens (tertiary/aromatic N) is 2. The molecule has 4 nitrogen and oxygen atoms in total. The molecule has 0 spiro atoms.